The van der Waals surface area contributed by atoms with Crippen molar-refractivity contribution in [1.29, 1.82) is 0 Å². The monoisotopic (exact) mass is 345 g/mol. The summed E-state index contributed by atoms with van der Waals surface area (Å²) in [7, 11) is 0. The number of esters is 1. The summed E-state index contributed by atoms with van der Waals surface area (Å²) in [6.45, 7) is 2.01. The first-order valence-electron chi connectivity index (χ1n) is 8.23. The zero-order valence-corrected chi connectivity index (χ0v) is 14.0. The molecule has 0 N–H and O–H groups in total. The molecule has 4 rings (SSSR count). The summed E-state index contributed by atoms with van der Waals surface area (Å²) in [5.74, 6) is -0.506. The fourth-order valence-corrected chi connectivity index (χ4v) is 2.86. The maximum Gasteiger partial charge on any atom is 0.357 e. The maximum absolute atomic E-state index is 12.6. The SMILES string of the molecule is CCOC(=O)c1nc(-c2ccccc2)c2nonc2c1-c1ccccc1. The van der Waals surface area contributed by atoms with Crippen LogP contribution in [0.2, 0.25) is 0 Å². The molecule has 0 aliphatic heterocycles. The number of ether oxygens (including phenoxy) is 1. The molecule has 2 heterocycles. The van der Waals surface area contributed by atoms with E-state index in [4.69, 9.17) is 9.37 Å². The van der Waals surface area contributed by atoms with Crippen LogP contribution in [0.1, 0.15) is 17.4 Å². The molecule has 0 spiro atoms. The molecule has 0 saturated carbocycles. The number of nitrogens with zero attached hydrogens (tertiary/aromatic N) is 3. The molecular formula is C20H15N3O3. The van der Waals surface area contributed by atoms with Gasteiger partial charge in [-0.15, -0.1) is 0 Å². The van der Waals surface area contributed by atoms with E-state index in [0.717, 1.165) is 11.1 Å². The second-order valence-corrected chi connectivity index (χ2v) is 5.60. The van der Waals surface area contributed by atoms with Crippen molar-refractivity contribution in [3.05, 3.63) is 66.4 Å². The van der Waals surface area contributed by atoms with Crippen LogP contribution >= 0.6 is 0 Å². The van der Waals surface area contributed by atoms with Gasteiger partial charge in [-0.2, -0.15) is 0 Å². The minimum Gasteiger partial charge on any atom is -0.461 e. The highest BCUT2D eigenvalue weighted by molar-refractivity contribution is 6.07. The van der Waals surface area contributed by atoms with E-state index < -0.39 is 5.97 Å². The van der Waals surface area contributed by atoms with Gasteiger partial charge in [-0.25, -0.2) is 14.4 Å². The van der Waals surface area contributed by atoms with E-state index in [2.05, 4.69) is 15.3 Å². The molecule has 4 aromatic rings. The van der Waals surface area contributed by atoms with Crippen LogP contribution in [0.4, 0.5) is 0 Å². The maximum atomic E-state index is 12.6. The van der Waals surface area contributed by atoms with Crippen molar-refractivity contribution in [3.8, 4) is 22.4 Å². The molecule has 0 saturated heterocycles. The van der Waals surface area contributed by atoms with Gasteiger partial charge in [-0.1, -0.05) is 60.7 Å². The molecule has 0 fully saturated rings. The second kappa shape index (κ2) is 6.76. The number of pyridine rings is 1. The van der Waals surface area contributed by atoms with Crippen LogP contribution in [-0.4, -0.2) is 27.9 Å². The van der Waals surface area contributed by atoms with Crippen molar-refractivity contribution in [2.75, 3.05) is 6.61 Å². The Hall–Kier alpha value is -3.54. The first-order chi connectivity index (χ1) is 12.8. The fraction of sp³-hybridized carbons (Fsp3) is 0.100. The van der Waals surface area contributed by atoms with Gasteiger partial charge in [0.25, 0.3) is 0 Å². The van der Waals surface area contributed by atoms with Crippen LogP contribution in [0.5, 0.6) is 0 Å². The van der Waals surface area contributed by atoms with E-state index in [1.54, 1.807) is 6.92 Å². The zero-order chi connectivity index (χ0) is 17.9. The molecule has 0 aliphatic rings. The Labute approximate surface area is 149 Å². The highest BCUT2D eigenvalue weighted by Gasteiger charge is 2.25. The highest BCUT2D eigenvalue weighted by atomic mass is 16.6. The molecule has 0 amide bonds. The van der Waals surface area contributed by atoms with E-state index in [1.807, 2.05) is 60.7 Å². The topological polar surface area (TPSA) is 78.1 Å². The Morgan fingerprint density at radius 2 is 1.54 bits per heavy atom. The summed E-state index contributed by atoms with van der Waals surface area (Å²) in [4.78, 5) is 17.2. The third-order valence-electron chi connectivity index (χ3n) is 3.99. The number of benzene rings is 2. The van der Waals surface area contributed by atoms with E-state index in [-0.39, 0.29) is 12.3 Å². The van der Waals surface area contributed by atoms with E-state index in [0.29, 0.717) is 22.3 Å². The van der Waals surface area contributed by atoms with Gasteiger partial charge >= 0.3 is 5.97 Å². The molecule has 6 heteroatoms. The van der Waals surface area contributed by atoms with Crippen LogP contribution in [0.15, 0.2) is 65.3 Å². The molecule has 0 atom stereocenters. The van der Waals surface area contributed by atoms with Gasteiger partial charge in [0.2, 0.25) is 0 Å². The van der Waals surface area contributed by atoms with Crippen LogP contribution in [0.25, 0.3) is 33.4 Å². The molecule has 0 radical (unpaired) electrons. The summed E-state index contributed by atoms with van der Waals surface area (Å²) in [6, 6.07) is 18.9. The molecule has 128 valence electrons. The van der Waals surface area contributed by atoms with Crippen LogP contribution in [-0.2, 0) is 4.74 Å². The highest BCUT2D eigenvalue weighted by Crippen LogP contribution is 2.34. The molecule has 0 aliphatic carbocycles. The van der Waals surface area contributed by atoms with Gasteiger partial charge in [-0.3, -0.25) is 0 Å². The lowest BCUT2D eigenvalue weighted by Crippen LogP contribution is -2.10. The van der Waals surface area contributed by atoms with Crippen molar-refractivity contribution in [2.45, 2.75) is 6.92 Å². The fourth-order valence-electron chi connectivity index (χ4n) is 2.86. The lowest BCUT2D eigenvalue weighted by molar-refractivity contribution is 0.0521. The van der Waals surface area contributed by atoms with Gasteiger partial charge < -0.3 is 4.74 Å². The number of carbonyl (C=O) groups excluding carboxylic acids is 1. The smallest absolute Gasteiger partial charge is 0.357 e. The lowest BCUT2D eigenvalue weighted by atomic mass is 9.99. The zero-order valence-electron chi connectivity index (χ0n) is 14.0. The Balaban J connectivity index is 2.06. The van der Waals surface area contributed by atoms with Gasteiger partial charge in [0.15, 0.2) is 11.2 Å². The van der Waals surface area contributed by atoms with E-state index >= 15 is 0 Å². The average molecular weight is 345 g/mol. The third-order valence-corrected chi connectivity index (χ3v) is 3.99. The quantitative estimate of drug-likeness (QED) is 0.518. The number of rotatable bonds is 4. The molecule has 2 aromatic carbocycles. The Kier molecular flexibility index (Phi) is 4.15. The summed E-state index contributed by atoms with van der Waals surface area (Å²) >= 11 is 0. The number of aromatic nitrogens is 3. The molecule has 0 bridgehead atoms. The predicted octanol–water partition coefficient (Wildman–Crippen LogP) is 4.13. The van der Waals surface area contributed by atoms with Gasteiger partial charge in [0.05, 0.1) is 6.61 Å². The normalized spacial score (nSPS) is 10.8. The average Bonchev–Trinajstić information content (AvgIpc) is 3.18. The van der Waals surface area contributed by atoms with Crippen molar-refractivity contribution in [1.82, 2.24) is 15.3 Å². The standard InChI is InChI=1S/C20H15N3O3/c1-2-25-20(24)18-15(13-9-5-3-6-10-13)17-19(23-26-22-17)16(21-18)14-11-7-4-8-12-14/h3-12H,2H2,1H3. The van der Waals surface area contributed by atoms with Crippen LogP contribution < -0.4 is 0 Å². The summed E-state index contributed by atoms with van der Waals surface area (Å²) < 4.78 is 10.2. The second-order valence-electron chi connectivity index (χ2n) is 5.60. The van der Waals surface area contributed by atoms with Gasteiger partial charge in [0.1, 0.15) is 11.2 Å². The van der Waals surface area contributed by atoms with Gasteiger partial charge in [-0.05, 0) is 22.8 Å². The van der Waals surface area contributed by atoms with Crippen molar-refractivity contribution >= 4 is 17.0 Å². The number of carbonyl (C=O) groups is 1. The molecule has 26 heavy (non-hydrogen) atoms. The number of hydrogen-bond acceptors (Lipinski definition) is 6. The first kappa shape index (κ1) is 16.0. The van der Waals surface area contributed by atoms with Crippen molar-refractivity contribution in [2.24, 2.45) is 0 Å². The van der Waals surface area contributed by atoms with Crippen LogP contribution in [0, 0.1) is 0 Å². The molecule has 0 unspecified atom stereocenters. The van der Waals surface area contributed by atoms with Crippen LogP contribution in [0.3, 0.4) is 0 Å². The first-order valence-corrected chi connectivity index (χ1v) is 8.23. The summed E-state index contributed by atoms with van der Waals surface area (Å²) in [5, 5.41) is 8.08. The van der Waals surface area contributed by atoms with Gasteiger partial charge in [0, 0.05) is 11.1 Å². The minimum atomic E-state index is -0.506. The summed E-state index contributed by atoms with van der Waals surface area (Å²) in [6.07, 6.45) is 0. The number of hydrogen-bond donors (Lipinski definition) is 0. The Morgan fingerprint density at radius 3 is 2.19 bits per heavy atom. The molecular weight excluding hydrogens is 330 g/mol. The van der Waals surface area contributed by atoms with E-state index in [1.165, 1.54) is 0 Å². The summed E-state index contributed by atoms with van der Waals surface area (Å²) in [5.41, 5.74) is 3.88. The van der Waals surface area contributed by atoms with Crippen molar-refractivity contribution in [3.63, 3.8) is 0 Å². The number of fused-ring (bicyclic) bond motifs is 1. The minimum absolute atomic E-state index is 0.195. The van der Waals surface area contributed by atoms with Crippen molar-refractivity contribution < 1.29 is 14.2 Å². The molecule has 6 nitrogen and oxygen atoms in total. The third kappa shape index (κ3) is 2.71. The predicted molar refractivity (Wildman–Crippen MR) is 96.4 cm³/mol. The lowest BCUT2D eigenvalue weighted by Gasteiger charge is -2.11. The molecule has 2 aromatic heterocycles. The largest absolute Gasteiger partial charge is 0.461 e. The Bertz CT molecular complexity index is 1060. The Morgan fingerprint density at radius 1 is 0.923 bits per heavy atom. The van der Waals surface area contributed by atoms with E-state index in [9.17, 15) is 4.79 Å².